The fourth-order valence-corrected chi connectivity index (χ4v) is 2.49. The van der Waals surface area contributed by atoms with E-state index in [1.54, 1.807) is 0 Å². The van der Waals surface area contributed by atoms with Gasteiger partial charge in [-0.2, -0.15) is 0 Å². The molecule has 4 nitrogen and oxygen atoms in total. The fraction of sp³-hybridized carbons (Fsp3) is 0.500. The van der Waals surface area contributed by atoms with Crippen molar-refractivity contribution in [3.05, 3.63) is 34.9 Å². The Morgan fingerprint density at radius 2 is 2.11 bits per heavy atom. The first-order valence-corrected chi connectivity index (χ1v) is 6.80. The molecule has 2 unspecified atom stereocenters. The molecule has 0 bridgehead atoms. The lowest BCUT2D eigenvalue weighted by molar-refractivity contribution is -0.148. The molecule has 18 heavy (non-hydrogen) atoms. The van der Waals surface area contributed by atoms with Gasteiger partial charge in [-0.15, -0.1) is 0 Å². The van der Waals surface area contributed by atoms with Crippen LogP contribution in [0.25, 0.3) is 0 Å². The van der Waals surface area contributed by atoms with Gasteiger partial charge in [0.25, 0.3) is 0 Å². The van der Waals surface area contributed by atoms with Crippen LogP contribution in [0, 0.1) is 0 Å². The highest BCUT2D eigenvalue weighted by Crippen LogP contribution is 2.40. The zero-order valence-electron chi connectivity index (χ0n) is 10.3. The number of halogens is 1. The summed E-state index contributed by atoms with van der Waals surface area (Å²) < 4.78 is 16.8. The Morgan fingerprint density at radius 3 is 2.78 bits per heavy atom. The van der Waals surface area contributed by atoms with Crippen molar-refractivity contribution in [1.29, 1.82) is 0 Å². The molecule has 2 N–H and O–H groups in total. The Hall–Kier alpha value is -0.300. The molecule has 100 valence electrons. The highest BCUT2D eigenvalue weighted by molar-refractivity contribution is 7.92. The second-order valence-electron chi connectivity index (χ2n) is 4.50. The van der Waals surface area contributed by atoms with E-state index < -0.39 is 5.79 Å². The van der Waals surface area contributed by atoms with E-state index in [4.69, 9.17) is 30.4 Å². The number of hydrogen-bond acceptors (Lipinski definition) is 5. The van der Waals surface area contributed by atoms with Gasteiger partial charge < -0.3 is 9.47 Å². The van der Waals surface area contributed by atoms with E-state index in [0.29, 0.717) is 11.6 Å². The molecule has 0 radical (unpaired) electrons. The number of nitrogens with two attached hydrogens (primary N) is 1. The predicted molar refractivity (Wildman–Crippen MR) is 72.0 cm³/mol. The zero-order chi connectivity index (χ0) is 13.2. The maximum atomic E-state index is 6.19. The van der Waals surface area contributed by atoms with E-state index in [0.717, 1.165) is 17.8 Å². The molecule has 0 aliphatic carbocycles. The highest BCUT2D eigenvalue weighted by Gasteiger charge is 2.42. The topological polar surface area (TPSA) is 53.7 Å². The Bertz CT molecular complexity index is 416. The number of rotatable bonds is 4. The molecule has 0 saturated carbocycles. The predicted octanol–water partition coefficient (Wildman–Crippen LogP) is 3.07. The van der Waals surface area contributed by atoms with Crippen molar-refractivity contribution in [2.24, 2.45) is 5.14 Å². The molecular formula is C12H16ClNO3S. The number of ether oxygens (including phenoxy) is 2. The van der Waals surface area contributed by atoms with Gasteiger partial charge in [-0.25, -0.2) is 0 Å². The average molecular weight is 290 g/mol. The van der Waals surface area contributed by atoms with Crippen LogP contribution in [0.15, 0.2) is 24.3 Å². The summed E-state index contributed by atoms with van der Waals surface area (Å²) in [7, 11) is 0. The molecule has 1 aromatic carbocycles. The Balaban J connectivity index is 2.21. The van der Waals surface area contributed by atoms with E-state index in [1.165, 1.54) is 0 Å². The minimum Gasteiger partial charge on any atom is -0.342 e. The molecular weight excluding hydrogens is 274 g/mol. The van der Waals surface area contributed by atoms with Crippen LogP contribution in [-0.2, 0) is 13.7 Å². The third kappa shape index (κ3) is 3.17. The molecule has 1 fully saturated rings. The van der Waals surface area contributed by atoms with E-state index in [1.807, 2.05) is 38.1 Å². The lowest BCUT2D eigenvalue weighted by Gasteiger charge is -2.17. The van der Waals surface area contributed by atoms with Crippen molar-refractivity contribution in [2.45, 2.75) is 31.8 Å². The van der Waals surface area contributed by atoms with Gasteiger partial charge in [0.15, 0.2) is 5.79 Å². The number of benzene rings is 1. The van der Waals surface area contributed by atoms with Crippen LogP contribution in [0.4, 0.5) is 0 Å². The minimum atomic E-state index is -0.656. The normalized spacial score (nSPS) is 26.4. The third-order valence-electron chi connectivity index (χ3n) is 2.70. The summed E-state index contributed by atoms with van der Waals surface area (Å²) >= 11 is 7.01. The SMILES string of the molecule is CC1(C)OC(COSN)C(c2ccccc2Cl)O1. The monoisotopic (exact) mass is 289 g/mol. The maximum Gasteiger partial charge on any atom is 0.164 e. The quantitative estimate of drug-likeness (QED) is 0.682. The third-order valence-corrected chi connectivity index (χ3v) is 3.31. The van der Waals surface area contributed by atoms with Crippen LogP contribution < -0.4 is 5.14 Å². The molecule has 0 amide bonds. The van der Waals surface area contributed by atoms with Crippen LogP contribution in [0.5, 0.6) is 0 Å². The molecule has 0 spiro atoms. The smallest absolute Gasteiger partial charge is 0.164 e. The minimum absolute atomic E-state index is 0.226. The number of hydrogen-bond donors (Lipinski definition) is 1. The molecule has 2 atom stereocenters. The van der Waals surface area contributed by atoms with Crippen LogP contribution in [-0.4, -0.2) is 18.5 Å². The van der Waals surface area contributed by atoms with Crippen LogP contribution in [0.3, 0.4) is 0 Å². The van der Waals surface area contributed by atoms with Crippen molar-refractivity contribution >= 4 is 23.8 Å². The first-order valence-electron chi connectivity index (χ1n) is 5.62. The summed E-state index contributed by atoms with van der Waals surface area (Å²) in [5.74, 6) is -0.656. The zero-order valence-corrected chi connectivity index (χ0v) is 11.8. The molecule has 6 heteroatoms. The van der Waals surface area contributed by atoms with E-state index >= 15 is 0 Å². The Kier molecular flexibility index (Phi) is 4.53. The van der Waals surface area contributed by atoms with Gasteiger partial charge in [0.05, 0.1) is 18.8 Å². The van der Waals surface area contributed by atoms with Crippen LogP contribution in [0.2, 0.25) is 5.02 Å². The van der Waals surface area contributed by atoms with Gasteiger partial charge >= 0.3 is 0 Å². The highest BCUT2D eigenvalue weighted by atomic mass is 35.5. The van der Waals surface area contributed by atoms with Crippen LogP contribution >= 0.6 is 23.8 Å². The van der Waals surface area contributed by atoms with Crippen molar-refractivity contribution in [3.63, 3.8) is 0 Å². The Labute approximate surface area is 116 Å². The fourth-order valence-electron chi connectivity index (χ4n) is 2.03. The van der Waals surface area contributed by atoms with Crippen molar-refractivity contribution in [2.75, 3.05) is 6.61 Å². The van der Waals surface area contributed by atoms with Gasteiger partial charge in [0.1, 0.15) is 12.2 Å². The van der Waals surface area contributed by atoms with E-state index in [9.17, 15) is 0 Å². The lowest BCUT2D eigenvalue weighted by Crippen LogP contribution is -2.24. The molecule has 1 heterocycles. The van der Waals surface area contributed by atoms with Gasteiger partial charge in [0, 0.05) is 10.6 Å². The first kappa shape index (κ1) is 14.1. The lowest BCUT2D eigenvalue weighted by atomic mass is 10.1. The van der Waals surface area contributed by atoms with Crippen molar-refractivity contribution in [1.82, 2.24) is 0 Å². The Morgan fingerprint density at radius 1 is 1.39 bits per heavy atom. The van der Waals surface area contributed by atoms with Crippen molar-refractivity contribution in [3.8, 4) is 0 Å². The van der Waals surface area contributed by atoms with Crippen LogP contribution in [0.1, 0.15) is 25.5 Å². The largest absolute Gasteiger partial charge is 0.342 e. The summed E-state index contributed by atoms with van der Waals surface area (Å²) in [6.45, 7) is 4.08. The standard InChI is InChI=1S/C12H16ClNO3S/c1-12(2)16-10(7-15-18-14)11(17-12)8-5-3-4-6-9(8)13/h3-6,10-11H,7,14H2,1-2H3. The second kappa shape index (κ2) is 5.77. The molecule has 1 aliphatic rings. The van der Waals surface area contributed by atoms with E-state index in [2.05, 4.69) is 0 Å². The summed E-state index contributed by atoms with van der Waals surface area (Å²) in [4.78, 5) is 0. The molecule has 1 saturated heterocycles. The van der Waals surface area contributed by atoms with Gasteiger partial charge in [-0.3, -0.25) is 9.32 Å². The van der Waals surface area contributed by atoms with Crippen molar-refractivity contribution < 1.29 is 13.7 Å². The van der Waals surface area contributed by atoms with Gasteiger partial charge in [-0.1, -0.05) is 29.8 Å². The summed E-state index contributed by atoms with van der Waals surface area (Å²) in [6, 6.07) is 7.57. The summed E-state index contributed by atoms with van der Waals surface area (Å²) in [5.41, 5.74) is 0.903. The average Bonchev–Trinajstić information content (AvgIpc) is 2.62. The first-order chi connectivity index (χ1) is 8.53. The molecule has 1 aliphatic heterocycles. The summed E-state index contributed by atoms with van der Waals surface area (Å²) in [5, 5.41) is 5.92. The molecule has 2 rings (SSSR count). The van der Waals surface area contributed by atoms with E-state index in [-0.39, 0.29) is 12.2 Å². The summed E-state index contributed by atoms with van der Waals surface area (Å²) in [6.07, 6.45) is -0.475. The van der Waals surface area contributed by atoms with Gasteiger partial charge in [-0.05, 0) is 19.9 Å². The molecule has 1 aromatic rings. The molecule has 0 aromatic heterocycles. The second-order valence-corrected chi connectivity index (χ2v) is 5.33. The van der Waals surface area contributed by atoms with Gasteiger partial charge in [0.2, 0.25) is 0 Å². The maximum absolute atomic E-state index is 6.19.